The first kappa shape index (κ1) is 14.2. The van der Waals surface area contributed by atoms with E-state index >= 15 is 0 Å². The maximum Gasteiger partial charge on any atom is 0.0592 e. The molecule has 3 atom stereocenters. The summed E-state index contributed by atoms with van der Waals surface area (Å²) in [5.74, 6) is 0.396. The zero-order chi connectivity index (χ0) is 10.2. The largest absolute Gasteiger partial charge is 0.393 e. The van der Waals surface area contributed by atoms with Crippen molar-refractivity contribution in [2.45, 2.75) is 58.7 Å². The average Bonchev–Trinajstić information content (AvgIpc) is 1.98. The second kappa shape index (κ2) is 4.82. The Balaban J connectivity index is 0.00000169. The van der Waals surface area contributed by atoms with Crippen LogP contribution in [0.4, 0.5) is 0 Å². The molecule has 2 nitrogen and oxygen atoms in total. The lowest BCUT2D eigenvalue weighted by Crippen LogP contribution is -2.55. The van der Waals surface area contributed by atoms with Crippen molar-refractivity contribution in [1.82, 2.24) is 4.90 Å². The molecule has 0 radical (unpaired) electrons. The van der Waals surface area contributed by atoms with Crippen molar-refractivity contribution in [3.8, 4) is 0 Å². The average molecular weight is 222 g/mol. The molecule has 0 aromatic rings. The monoisotopic (exact) mass is 221 g/mol. The number of hydrogen-bond donors (Lipinski definition) is 1. The normalized spacial score (nSPS) is 35.1. The molecule has 1 fully saturated rings. The molecule has 3 heteroatoms. The molecule has 86 valence electrons. The molecule has 0 aliphatic carbocycles. The number of likely N-dealkylation sites (tertiary alicyclic amines) is 1. The van der Waals surface area contributed by atoms with Gasteiger partial charge in [0.05, 0.1) is 6.10 Å². The summed E-state index contributed by atoms with van der Waals surface area (Å²) < 4.78 is 0. The van der Waals surface area contributed by atoms with Gasteiger partial charge in [-0.15, -0.1) is 12.4 Å². The Bertz CT molecular complexity index is 179. The van der Waals surface area contributed by atoms with Crippen LogP contribution in [0.1, 0.15) is 41.0 Å². The van der Waals surface area contributed by atoms with E-state index in [0.717, 1.165) is 13.0 Å². The summed E-state index contributed by atoms with van der Waals surface area (Å²) >= 11 is 0. The molecule has 0 spiro atoms. The van der Waals surface area contributed by atoms with Crippen molar-refractivity contribution in [3.63, 3.8) is 0 Å². The second-order valence-corrected chi connectivity index (χ2v) is 5.32. The number of nitrogens with zero attached hydrogens (tertiary/aromatic N) is 1. The van der Waals surface area contributed by atoms with Gasteiger partial charge in [0, 0.05) is 18.1 Å². The molecule has 1 heterocycles. The Morgan fingerprint density at radius 3 is 2.14 bits per heavy atom. The van der Waals surface area contributed by atoms with Crippen molar-refractivity contribution >= 4 is 12.4 Å². The van der Waals surface area contributed by atoms with Gasteiger partial charge >= 0.3 is 0 Å². The van der Waals surface area contributed by atoms with Crippen LogP contribution < -0.4 is 0 Å². The fraction of sp³-hybridized carbons (Fsp3) is 1.00. The summed E-state index contributed by atoms with van der Waals surface area (Å²) in [5.41, 5.74) is 0.230. The van der Waals surface area contributed by atoms with Gasteiger partial charge in [0.15, 0.2) is 0 Å². The number of halogens is 1. The number of aliphatic hydroxyl groups is 1. The van der Waals surface area contributed by atoms with Gasteiger partial charge in [-0.1, -0.05) is 6.92 Å². The minimum Gasteiger partial charge on any atom is -0.393 e. The molecule has 0 amide bonds. The smallest absolute Gasteiger partial charge is 0.0592 e. The first-order valence-electron chi connectivity index (χ1n) is 5.29. The van der Waals surface area contributed by atoms with E-state index in [9.17, 15) is 5.11 Å². The highest BCUT2D eigenvalue weighted by atomic mass is 35.5. The minimum absolute atomic E-state index is 0. The predicted octanol–water partition coefficient (Wildman–Crippen LogP) is 2.30. The van der Waals surface area contributed by atoms with Crippen LogP contribution in [-0.4, -0.2) is 34.2 Å². The SMILES string of the molecule is CC1C(O)CCN(C(C)(C)C)C1C.Cl. The summed E-state index contributed by atoms with van der Waals surface area (Å²) in [6, 6.07) is 0.490. The van der Waals surface area contributed by atoms with Crippen molar-refractivity contribution in [2.75, 3.05) is 6.54 Å². The molecule has 1 N–H and O–H groups in total. The van der Waals surface area contributed by atoms with Gasteiger partial charge in [-0.2, -0.15) is 0 Å². The van der Waals surface area contributed by atoms with Crippen LogP contribution in [-0.2, 0) is 0 Å². The third-order valence-corrected chi connectivity index (χ3v) is 3.39. The quantitative estimate of drug-likeness (QED) is 0.679. The molecular formula is C11H24ClNO. The lowest BCUT2D eigenvalue weighted by Gasteiger charge is -2.47. The topological polar surface area (TPSA) is 23.5 Å². The van der Waals surface area contributed by atoms with Crippen LogP contribution in [0.5, 0.6) is 0 Å². The van der Waals surface area contributed by atoms with E-state index in [0.29, 0.717) is 12.0 Å². The Kier molecular flexibility index (Phi) is 4.89. The number of piperidine rings is 1. The zero-order valence-electron chi connectivity index (χ0n) is 9.95. The molecule has 0 aromatic heterocycles. The van der Waals surface area contributed by atoms with E-state index in [2.05, 4.69) is 39.5 Å². The maximum atomic E-state index is 9.70. The second-order valence-electron chi connectivity index (χ2n) is 5.32. The van der Waals surface area contributed by atoms with Gasteiger partial charge in [0.2, 0.25) is 0 Å². The number of hydrogen-bond acceptors (Lipinski definition) is 2. The van der Waals surface area contributed by atoms with Crippen molar-refractivity contribution in [2.24, 2.45) is 5.92 Å². The van der Waals surface area contributed by atoms with Crippen molar-refractivity contribution < 1.29 is 5.11 Å². The van der Waals surface area contributed by atoms with Crippen LogP contribution in [0.25, 0.3) is 0 Å². The highest BCUT2D eigenvalue weighted by Gasteiger charge is 2.36. The lowest BCUT2D eigenvalue weighted by atomic mass is 9.86. The summed E-state index contributed by atoms with van der Waals surface area (Å²) in [5, 5.41) is 9.70. The standard InChI is InChI=1S/C11H23NO.ClH/c1-8-9(2)12(11(3,4)5)7-6-10(8)13;/h8-10,13H,6-7H2,1-5H3;1H. The Hall–Kier alpha value is 0.210. The van der Waals surface area contributed by atoms with Gasteiger partial charge in [-0.25, -0.2) is 0 Å². The van der Waals surface area contributed by atoms with E-state index < -0.39 is 0 Å². The Morgan fingerprint density at radius 1 is 1.21 bits per heavy atom. The highest BCUT2D eigenvalue weighted by Crippen LogP contribution is 2.29. The fourth-order valence-electron chi connectivity index (χ4n) is 2.29. The third kappa shape index (κ3) is 2.85. The van der Waals surface area contributed by atoms with Crippen LogP contribution in [0, 0.1) is 5.92 Å². The van der Waals surface area contributed by atoms with Crippen molar-refractivity contribution in [1.29, 1.82) is 0 Å². The summed E-state index contributed by atoms with van der Waals surface area (Å²) in [7, 11) is 0. The maximum absolute atomic E-state index is 9.70. The third-order valence-electron chi connectivity index (χ3n) is 3.39. The van der Waals surface area contributed by atoms with Crippen LogP contribution in [0.15, 0.2) is 0 Å². The molecular weight excluding hydrogens is 198 g/mol. The molecule has 0 saturated carbocycles. The van der Waals surface area contributed by atoms with Crippen LogP contribution >= 0.6 is 12.4 Å². The van der Waals surface area contributed by atoms with Crippen LogP contribution in [0.3, 0.4) is 0 Å². The Morgan fingerprint density at radius 2 is 1.71 bits per heavy atom. The summed E-state index contributed by atoms with van der Waals surface area (Å²) in [4.78, 5) is 2.49. The highest BCUT2D eigenvalue weighted by molar-refractivity contribution is 5.85. The van der Waals surface area contributed by atoms with Gasteiger partial charge in [0.25, 0.3) is 0 Å². The minimum atomic E-state index is -0.103. The van der Waals surface area contributed by atoms with E-state index in [1.54, 1.807) is 0 Å². The molecule has 3 unspecified atom stereocenters. The molecule has 1 aliphatic heterocycles. The summed E-state index contributed by atoms with van der Waals surface area (Å²) in [6.07, 6.45) is 0.816. The lowest BCUT2D eigenvalue weighted by molar-refractivity contribution is -0.0403. The molecule has 1 rings (SSSR count). The summed E-state index contributed by atoms with van der Waals surface area (Å²) in [6.45, 7) is 12.1. The van der Waals surface area contributed by atoms with E-state index in [4.69, 9.17) is 0 Å². The van der Waals surface area contributed by atoms with Crippen LogP contribution in [0.2, 0.25) is 0 Å². The predicted molar refractivity (Wildman–Crippen MR) is 63.0 cm³/mol. The molecule has 14 heavy (non-hydrogen) atoms. The number of aliphatic hydroxyl groups excluding tert-OH is 1. The van der Waals surface area contributed by atoms with E-state index in [1.165, 1.54) is 0 Å². The molecule has 0 bridgehead atoms. The van der Waals surface area contributed by atoms with Crippen molar-refractivity contribution in [3.05, 3.63) is 0 Å². The van der Waals surface area contributed by atoms with Gasteiger partial charge in [-0.05, 0) is 40.0 Å². The number of rotatable bonds is 0. The zero-order valence-corrected chi connectivity index (χ0v) is 10.8. The first-order valence-corrected chi connectivity index (χ1v) is 5.29. The molecule has 1 saturated heterocycles. The Labute approximate surface area is 94.1 Å². The molecule has 1 aliphatic rings. The fourth-order valence-corrected chi connectivity index (χ4v) is 2.29. The van der Waals surface area contributed by atoms with E-state index in [-0.39, 0.29) is 24.0 Å². The van der Waals surface area contributed by atoms with Gasteiger partial charge in [0.1, 0.15) is 0 Å². The first-order chi connectivity index (χ1) is 5.84. The van der Waals surface area contributed by atoms with Gasteiger partial charge in [-0.3, -0.25) is 4.90 Å². The van der Waals surface area contributed by atoms with E-state index in [1.807, 2.05) is 0 Å². The van der Waals surface area contributed by atoms with Gasteiger partial charge < -0.3 is 5.11 Å². The molecule has 0 aromatic carbocycles.